The van der Waals surface area contributed by atoms with Crippen LogP contribution < -0.4 is 4.90 Å². The van der Waals surface area contributed by atoms with Crippen molar-refractivity contribution in [3.63, 3.8) is 0 Å². The molecule has 9 rings (SSSR count). The highest BCUT2D eigenvalue weighted by Gasteiger charge is 2.24. The Morgan fingerprint density at radius 3 is 1.42 bits per heavy atom. The van der Waals surface area contributed by atoms with Gasteiger partial charge in [-0.15, -0.1) is 0 Å². The van der Waals surface area contributed by atoms with Crippen molar-refractivity contribution in [1.82, 2.24) is 0 Å². The van der Waals surface area contributed by atoms with Crippen molar-refractivity contribution >= 4 is 70.9 Å². The van der Waals surface area contributed by atoms with Gasteiger partial charge in [0, 0.05) is 22.1 Å². The van der Waals surface area contributed by atoms with Crippen LogP contribution in [0.3, 0.4) is 0 Å². The fraction of sp³-hybridized carbons (Fsp3) is 0.143. The zero-order chi connectivity index (χ0) is 34.3. The monoisotopic (exact) mass is 643 g/mol. The molecule has 1 heteroatoms. The third-order valence-electron chi connectivity index (χ3n) is 10.8. The molecule has 0 aliphatic carbocycles. The highest BCUT2D eigenvalue weighted by atomic mass is 15.1. The lowest BCUT2D eigenvalue weighted by Crippen LogP contribution is -2.11. The maximum atomic E-state index is 2.45. The van der Waals surface area contributed by atoms with Crippen LogP contribution in [0, 0.1) is 20.8 Å². The van der Waals surface area contributed by atoms with Gasteiger partial charge in [0.15, 0.2) is 0 Å². The number of benzene rings is 9. The SMILES string of the molecule is Cc1ccc(N(c2ccc(C)cc2)c2c3ccccc3c(-c3cc(C)c4ccc5cc(C(C)(C)C)cc6ccc3c4c56)c3ccccc23)cc1. The molecule has 0 radical (unpaired) electrons. The first-order valence-electron chi connectivity index (χ1n) is 17.8. The van der Waals surface area contributed by atoms with Gasteiger partial charge in [-0.1, -0.05) is 147 Å². The van der Waals surface area contributed by atoms with Crippen molar-refractivity contribution in [2.24, 2.45) is 0 Å². The molecule has 0 unspecified atom stereocenters. The van der Waals surface area contributed by atoms with Gasteiger partial charge in [-0.2, -0.15) is 0 Å². The smallest absolute Gasteiger partial charge is 0.0618 e. The van der Waals surface area contributed by atoms with Crippen molar-refractivity contribution < 1.29 is 0 Å². The number of hydrogen-bond donors (Lipinski definition) is 0. The minimum Gasteiger partial charge on any atom is -0.309 e. The minimum atomic E-state index is 0.0795. The first-order valence-corrected chi connectivity index (χ1v) is 17.8. The Labute approximate surface area is 294 Å². The Morgan fingerprint density at radius 1 is 0.440 bits per heavy atom. The van der Waals surface area contributed by atoms with Gasteiger partial charge in [-0.3, -0.25) is 0 Å². The van der Waals surface area contributed by atoms with Gasteiger partial charge in [0.25, 0.3) is 0 Å². The molecule has 50 heavy (non-hydrogen) atoms. The van der Waals surface area contributed by atoms with E-state index in [9.17, 15) is 0 Å². The van der Waals surface area contributed by atoms with E-state index in [0.29, 0.717) is 0 Å². The summed E-state index contributed by atoms with van der Waals surface area (Å²) in [5.41, 5.74) is 11.4. The number of aryl methyl sites for hydroxylation is 3. The molecule has 9 aromatic carbocycles. The number of nitrogens with zero attached hydrogens (tertiary/aromatic N) is 1. The van der Waals surface area contributed by atoms with Crippen LogP contribution in [0.25, 0.3) is 65.0 Å². The summed E-state index contributed by atoms with van der Waals surface area (Å²) in [5.74, 6) is 0. The number of rotatable bonds is 4. The Bertz CT molecular complexity index is 2620. The van der Waals surface area contributed by atoms with Gasteiger partial charge in [0.1, 0.15) is 0 Å². The molecule has 0 fully saturated rings. The molecule has 1 nitrogen and oxygen atoms in total. The molecule has 242 valence electrons. The molecule has 0 saturated heterocycles. The van der Waals surface area contributed by atoms with E-state index in [-0.39, 0.29) is 5.41 Å². The molecule has 0 N–H and O–H groups in total. The molecule has 0 aromatic heterocycles. The quantitative estimate of drug-likeness (QED) is 0.136. The third-order valence-corrected chi connectivity index (χ3v) is 10.8. The summed E-state index contributed by atoms with van der Waals surface area (Å²) in [5, 5.41) is 13.0. The lowest BCUT2D eigenvalue weighted by atomic mass is 9.81. The fourth-order valence-electron chi connectivity index (χ4n) is 8.16. The maximum Gasteiger partial charge on any atom is 0.0618 e. The Morgan fingerprint density at radius 2 is 0.920 bits per heavy atom. The zero-order valence-electron chi connectivity index (χ0n) is 29.7. The summed E-state index contributed by atoms with van der Waals surface area (Å²) in [6.07, 6.45) is 0. The van der Waals surface area contributed by atoms with Crippen molar-refractivity contribution in [2.45, 2.75) is 47.0 Å². The number of fused-ring (bicyclic) bond motifs is 2. The molecule has 0 bridgehead atoms. The summed E-state index contributed by atoms with van der Waals surface area (Å²) >= 11 is 0. The van der Waals surface area contributed by atoms with Crippen molar-refractivity contribution in [3.8, 4) is 11.1 Å². The number of hydrogen-bond acceptors (Lipinski definition) is 1. The summed E-state index contributed by atoms with van der Waals surface area (Å²) in [6, 6.07) is 52.6. The molecule has 0 atom stereocenters. The standard InChI is InChI=1S/C49H41N/c1-30-15-21-36(22-16-30)50(37-23-17-31(2)18-24-37)48-42-13-9-7-11-39(42)46(40-12-8-10-14-43(40)48)44-27-32(3)38-25-19-33-28-35(49(4,5)6)29-34-20-26-41(44)47(38)45(33)34/h7-29H,1-6H3. The highest BCUT2D eigenvalue weighted by Crippen LogP contribution is 2.50. The van der Waals surface area contributed by atoms with E-state index in [1.54, 1.807) is 0 Å². The normalized spacial score (nSPS) is 12.2. The summed E-state index contributed by atoms with van der Waals surface area (Å²) in [6.45, 7) is 13.5. The van der Waals surface area contributed by atoms with E-state index in [0.717, 1.165) is 11.4 Å². The highest BCUT2D eigenvalue weighted by molar-refractivity contribution is 6.30. The van der Waals surface area contributed by atoms with E-state index >= 15 is 0 Å². The summed E-state index contributed by atoms with van der Waals surface area (Å²) < 4.78 is 0. The molecular weight excluding hydrogens is 603 g/mol. The lowest BCUT2D eigenvalue weighted by molar-refractivity contribution is 0.591. The largest absolute Gasteiger partial charge is 0.309 e. The van der Waals surface area contributed by atoms with Gasteiger partial charge in [-0.05, 0) is 116 Å². The maximum absolute atomic E-state index is 2.45. The molecule has 0 amide bonds. The topological polar surface area (TPSA) is 3.24 Å². The van der Waals surface area contributed by atoms with E-state index in [1.807, 2.05) is 0 Å². The molecule has 0 saturated carbocycles. The second-order valence-corrected chi connectivity index (χ2v) is 15.2. The molecule has 0 spiro atoms. The van der Waals surface area contributed by atoms with Crippen LogP contribution in [0.2, 0.25) is 0 Å². The first-order chi connectivity index (χ1) is 24.2. The number of anilines is 3. The van der Waals surface area contributed by atoms with Crippen molar-refractivity contribution in [2.75, 3.05) is 4.90 Å². The van der Waals surface area contributed by atoms with Gasteiger partial charge in [0.05, 0.1) is 5.69 Å². The van der Waals surface area contributed by atoms with E-state index < -0.39 is 0 Å². The van der Waals surface area contributed by atoms with E-state index in [4.69, 9.17) is 0 Å². The van der Waals surface area contributed by atoms with E-state index in [1.165, 1.54) is 92.9 Å². The van der Waals surface area contributed by atoms with Crippen LogP contribution >= 0.6 is 0 Å². The Kier molecular flexibility index (Phi) is 6.80. The third kappa shape index (κ3) is 4.68. The molecular formula is C49H41N. The average Bonchev–Trinajstić information content (AvgIpc) is 3.12. The predicted octanol–water partition coefficient (Wildman–Crippen LogP) is 14.2. The van der Waals surface area contributed by atoms with Crippen LogP contribution in [0.15, 0.2) is 140 Å². The predicted molar refractivity (Wildman–Crippen MR) is 218 cm³/mol. The minimum absolute atomic E-state index is 0.0795. The fourth-order valence-corrected chi connectivity index (χ4v) is 8.16. The van der Waals surface area contributed by atoms with Crippen LogP contribution in [0.4, 0.5) is 17.1 Å². The lowest BCUT2D eigenvalue weighted by Gasteiger charge is -2.30. The van der Waals surface area contributed by atoms with Gasteiger partial charge in [0.2, 0.25) is 0 Å². The van der Waals surface area contributed by atoms with Gasteiger partial charge < -0.3 is 4.90 Å². The van der Waals surface area contributed by atoms with Crippen LogP contribution in [0.5, 0.6) is 0 Å². The van der Waals surface area contributed by atoms with Crippen molar-refractivity contribution in [3.05, 3.63) is 162 Å². The van der Waals surface area contributed by atoms with E-state index in [2.05, 4.69) is 186 Å². The van der Waals surface area contributed by atoms with Gasteiger partial charge in [-0.25, -0.2) is 0 Å². The van der Waals surface area contributed by atoms with Gasteiger partial charge >= 0.3 is 0 Å². The summed E-state index contributed by atoms with van der Waals surface area (Å²) in [7, 11) is 0. The zero-order valence-corrected chi connectivity index (χ0v) is 29.7. The summed E-state index contributed by atoms with van der Waals surface area (Å²) in [4.78, 5) is 2.45. The Hall–Kier alpha value is -5.66. The van der Waals surface area contributed by atoms with Crippen LogP contribution in [-0.2, 0) is 5.41 Å². The molecule has 0 heterocycles. The molecule has 0 aliphatic rings. The Balaban J connectivity index is 1.40. The van der Waals surface area contributed by atoms with Crippen LogP contribution in [-0.4, -0.2) is 0 Å². The second-order valence-electron chi connectivity index (χ2n) is 15.2. The van der Waals surface area contributed by atoms with Crippen molar-refractivity contribution in [1.29, 1.82) is 0 Å². The second kappa shape index (κ2) is 11.2. The molecule has 9 aromatic rings. The molecule has 0 aliphatic heterocycles. The van der Waals surface area contributed by atoms with Crippen LogP contribution in [0.1, 0.15) is 43.0 Å². The first kappa shape index (κ1) is 30.4. The average molecular weight is 644 g/mol.